The van der Waals surface area contributed by atoms with Crippen LogP contribution in [0.1, 0.15) is 32.4 Å². The molecule has 0 aliphatic heterocycles. The monoisotopic (exact) mass is 766 g/mol. The van der Waals surface area contributed by atoms with Crippen molar-refractivity contribution in [2.24, 2.45) is 0 Å². The van der Waals surface area contributed by atoms with Gasteiger partial charge in [0.2, 0.25) is 0 Å². The Bertz CT molecular complexity index is 2140. The highest BCUT2D eigenvalue weighted by Crippen LogP contribution is 2.35. The van der Waals surface area contributed by atoms with Gasteiger partial charge in [-0.2, -0.15) is 32.4 Å². The van der Waals surface area contributed by atoms with Crippen molar-refractivity contribution in [1.82, 2.24) is 39.6 Å². The van der Waals surface area contributed by atoms with Crippen LogP contribution in [0.4, 0.5) is 48.3 Å². The molecule has 0 radical (unpaired) electrons. The zero-order chi connectivity index (χ0) is 39.4. The summed E-state index contributed by atoms with van der Waals surface area (Å²) in [5.41, 5.74) is 1.17. The highest BCUT2D eigenvalue weighted by Gasteiger charge is 2.38. The molecule has 0 bridgehead atoms. The average Bonchev–Trinajstić information content (AvgIpc) is 3.68. The summed E-state index contributed by atoms with van der Waals surface area (Å²) in [6, 6.07) is 13.9. The molecule has 0 saturated heterocycles. The van der Waals surface area contributed by atoms with Crippen molar-refractivity contribution in [2.45, 2.75) is 52.0 Å². The van der Waals surface area contributed by atoms with Gasteiger partial charge in [0.25, 0.3) is 11.7 Å². The third kappa shape index (κ3) is 10.6. The van der Waals surface area contributed by atoms with Gasteiger partial charge in [-0.25, -0.2) is 8.78 Å². The molecule has 0 atom stereocenters. The van der Waals surface area contributed by atoms with Crippen LogP contribution in [-0.4, -0.2) is 65.4 Å². The van der Waals surface area contributed by atoms with Gasteiger partial charge in [-0.3, -0.25) is 0 Å². The SMILES string of the molecule is CC.CC(F)(F)Cc1nnc2ccc(-c3ccc(OC(F)(F)F)cc3)nn12.COc1cc(OC(F)(F)F)ccc1-c1ccc2nnc(C(F)(F)F)n2n1. The summed E-state index contributed by atoms with van der Waals surface area (Å²) >= 11 is 0. The van der Waals surface area contributed by atoms with E-state index in [1.54, 1.807) is 6.07 Å². The molecule has 0 spiro atoms. The maximum absolute atomic E-state index is 13.2. The van der Waals surface area contributed by atoms with Crippen LogP contribution < -0.4 is 14.2 Å². The number of nitrogens with zero attached hydrogens (tertiary/aromatic N) is 8. The molecule has 284 valence electrons. The molecule has 0 saturated carbocycles. The number of benzene rings is 2. The largest absolute Gasteiger partial charge is 0.573 e. The van der Waals surface area contributed by atoms with Crippen molar-refractivity contribution in [3.05, 3.63) is 78.4 Å². The number of rotatable bonds is 7. The van der Waals surface area contributed by atoms with Crippen LogP contribution in [-0.2, 0) is 12.6 Å². The smallest absolute Gasteiger partial charge is 0.496 e. The van der Waals surface area contributed by atoms with Crippen molar-refractivity contribution in [2.75, 3.05) is 7.11 Å². The molecule has 22 heteroatoms. The molecule has 0 N–H and O–H groups in total. The number of ether oxygens (including phenoxy) is 3. The third-order valence-electron chi connectivity index (χ3n) is 6.38. The Morgan fingerprint density at radius 1 is 0.604 bits per heavy atom. The number of aromatic nitrogens is 8. The molecular formula is C31H25F11N8O3. The van der Waals surface area contributed by atoms with E-state index in [9.17, 15) is 48.3 Å². The maximum atomic E-state index is 13.2. The van der Waals surface area contributed by atoms with Crippen molar-refractivity contribution in [3.63, 3.8) is 0 Å². The fraction of sp³-hybridized carbons (Fsp3) is 0.290. The van der Waals surface area contributed by atoms with Crippen molar-refractivity contribution in [3.8, 4) is 39.8 Å². The van der Waals surface area contributed by atoms with Crippen LogP contribution in [0.2, 0.25) is 0 Å². The number of halogens is 11. The molecule has 53 heavy (non-hydrogen) atoms. The van der Waals surface area contributed by atoms with E-state index in [0.717, 1.165) is 31.2 Å². The van der Waals surface area contributed by atoms with E-state index in [2.05, 4.69) is 40.1 Å². The molecule has 0 amide bonds. The number of hydrogen-bond acceptors (Lipinski definition) is 9. The maximum Gasteiger partial charge on any atom is 0.573 e. The molecule has 0 aliphatic carbocycles. The second-order valence-corrected chi connectivity index (χ2v) is 10.3. The predicted octanol–water partition coefficient (Wildman–Crippen LogP) is 8.63. The Morgan fingerprint density at radius 3 is 1.70 bits per heavy atom. The summed E-state index contributed by atoms with van der Waals surface area (Å²) in [4.78, 5) is 0. The lowest BCUT2D eigenvalue weighted by molar-refractivity contribution is -0.275. The Kier molecular flexibility index (Phi) is 11.6. The minimum absolute atomic E-state index is 0.0122. The normalized spacial score (nSPS) is 12.1. The summed E-state index contributed by atoms with van der Waals surface area (Å²) in [6.45, 7) is 4.76. The van der Waals surface area contributed by atoms with E-state index in [-0.39, 0.29) is 34.2 Å². The van der Waals surface area contributed by atoms with Crippen molar-refractivity contribution in [1.29, 1.82) is 0 Å². The van der Waals surface area contributed by atoms with E-state index in [4.69, 9.17) is 4.74 Å². The van der Waals surface area contributed by atoms with Gasteiger partial charge in [0.05, 0.1) is 24.9 Å². The van der Waals surface area contributed by atoms with Crippen LogP contribution in [0.15, 0.2) is 66.7 Å². The van der Waals surface area contributed by atoms with Crippen LogP contribution in [0, 0.1) is 0 Å². The Hall–Kier alpha value is -5.83. The molecular weight excluding hydrogens is 741 g/mol. The topological polar surface area (TPSA) is 114 Å². The lowest BCUT2D eigenvalue weighted by Crippen LogP contribution is -2.17. The number of fused-ring (bicyclic) bond motifs is 2. The van der Waals surface area contributed by atoms with Gasteiger partial charge >= 0.3 is 18.9 Å². The summed E-state index contributed by atoms with van der Waals surface area (Å²) in [6.07, 6.45) is -15.1. The Morgan fingerprint density at radius 2 is 1.13 bits per heavy atom. The lowest BCUT2D eigenvalue weighted by Gasteiger charge is -2.13. The van der Waals surface area contributed by atoms with Gasteiger partial charge in [0, 0.05) is 17.2 Å². The van der Waals surface area contributed by atoms with Gasteiger partial charge in [-0.15, -0.1) is 46.7 Å². The van der Waals surface area contributed by atoms with Crippen LogP contribution in [0.25, 0.3) is 33.8 Å². The highest BCUT2D eigenvalue weighted by molar-refractivity contribution is 5.69. The fourth-order valence-electron chi connectivity index (χ4n) is 4.39. The van der Waals surface area contributed by atoms with Crippen LogP contribution in [0.5, 0.6) is 17.2 Å². The van der Waals surface area contributed by atoms with Crippen molar-refractivity contribution >= 4 is 11.3 Å². The predicted molar refractivity (Wildman–Crippen MR) is 163 cm³/mol. The lowest BCUT2D eigenvalue weighted by atomic mass is 10.1. The zero-order valence-corrected chi connectivity index (χ0v) is 27.5. The van der Waals surface area contributed by atoms with Gasteiger partial charge in [-0.1, -0.05) is 13.8 Å². The third-order valence-corrected chi connectivity index (χ3v) is 6.38. The molecule has 6 aromatic rings. The van der Waals surface area contributed by atoms with E-state index < -0.39 is 42.8 Å². The van der Waals surface area contributed by atoms with Gasteiger partial charge < -0.3 is 14.2 Å². The number of hydrogen-bond donors (Lipinski definition) is 0. The molecule has 4 heterocycles. The number of alkyl halides is 11. The first-order chi connectivity index (χ1) is 24.7. The summed E-state index contributed by atoms with van der Waals surface area (Å²) in [7, 11) is 1.19. The minimum atomic E-state index is -4.90. The Labute approximate surface area is 290 Å². The quantitative estimate of drug-likeness (QED) is 0.147. The summed E-state index contributed by atoms with van der Waals surface area (Å²) in [5.74, 6) is -5.30. The molecule has 0 aliphatic rings. The summed E-state index contributed by atoms with van der Waals surface area (Å²) in [5, 5.41) is 21.9. The minimum Gasteiger partial charge on any atom is -0.496 e. The van der Waals surface area contributed by atoms with E-state index in [1.165, 1.54) is 48.0 Å². The van der Waals surface area contributed by atoms with Gasteiger partial charge in [-0.05, 0) is 67.6 Å². The van der Waals surface area contributed by atoms with E-state index in [1.807, 2.05) is 13.8 Å². The fourth-order valence-corrected chi connectivity index (χ4v) is 4.39. The molecule has 4 aromatic heterocycles. The standard InChI is InChI=1S/C15H11F5N4O.C14H8F6N4O2.C2H6/c1-14(16,17)8-13-22-21-12-7-6-11(23-24(12)13)9-2-4-10(5-3-9)25-15(18,19)20;1-25-10-6-7(26-14(18,19)20)2-3-8(10)9-4-5-11-21-22-12(13(15,16)17)24(11)23-9;1-2/h2-7H,8H2,1H3;2-6H,1H3;1-2H3. The summed E-state index contributed by atoms with van der Waals surface area (Å²) < 4.78 is 153. The van der Waals surface area contributed by atoms with Crippen LogP contribution in [0.3, 0.4) is 0 Å². The molecule has 0 fully saturated rings. The molecule has 0 unspecified atom stereocenters. The second kappa shape index (κ2) is 15.4. The molecule has 6 rings (SSSR count). The first-order valence-corrected chi connectivity index (χ1v) is 14.9. The van der Waals surface area contributed by atoms with Crippen molar-refractivity contribution < 1.29 is 62.5 Å². The highest BCUT2D eigenvalue weighted by atomic mass is 19.4. The van der Waals surface area contributed by atoms with Gasteiger partial charge in [0.1, 0.15) is 17.2 Å². The molecule has 2 aromatic carbocycles. The average molecular weight is 767 g/mol. The second-order valence-electron chi connectivity index (χ2n) is 10.3. The van der Waals surface area contributed by atoms with Crippen LogP contribution >= 0.6 is 0 Å². The molecule has 11 nitrogen and oxygen atoms in total. The first kappa shape index (κ1) is 39.9. The number of methoxy groups -OCH3 is 1. The zero-order valence-electron chi connectivity index (χ0n) is 27.5. The van der Waals surface area contributed by atoms with E-state index in [0.29, 0.717) is 21.4 Å². The first-order valence-electron chi connectivity index (χ1n) is 14.9. The van der Waals surface area contributed by atoms with Gasteiger partial charge in [0.15, 0.2) is 17.1 Å². The van der Waals surface area contributed by atoms with E-state index >= 15 is 0 Å². The Balaban J connectivity index is 0.000000226.